The Morgan fingerprint density at radius 1 is 1.38 bits per heavy atom. The van der Waals surface area contributed by atoms with E-state index in [0.29, 0.717) is 40.0 Å². The Bertz CT molecular complexity index is 931. The number of carbonyl (C=O) groups is 1. The molecule has 1 aliphatic rings. The van der Waals surface area contributed by atoms with Crippen LogP contribution in [0.1, 0.15) is 37.2 Å². The highest BCUT2D eigenvalue weighted by molar-refractivity contribution is 6.32. The second-order valence-electron chi connectivity index (χ2n) is 6.75. The standard InChI is InChI=1S/C20H23ClN2O3/c1-11(2)18-10-26-19-8-20(25-5)15(21)6-13(19)17-7-16(22-4)14(12(3)24)9-23(17)18/h6-9,11,18H,10H2,1-5H3/b22-16-. The summed E-state index contributed by atoms with van der Waals surface area (Å²) in [6, 6.07) is 5.66. The Kier molecular flexibility index (Phi) is 5.10. The van der Waals surface area contributed by atoms with Crippen molar-refractivity contribution in [2.24, 2.45) is 10.9 Å². The van der Waals surface area contributed by atoms with Crippen molar-refractivity contribution in [1.29, 1.82) is 0 Å². The molecule has 0 bridgehead atoms. The Balaban J connectivity index is 2.37. The van der Waals surface area contributed by atoms with Crippen molar-refractivity contribution in [2.75, 3.05) is 20.8 Å². The predicted octanol–water partition coefficient (Wildman–Crippen LogP) is 4.14. The zero-order valence-electron chi connectivity index (χ0n) is 15.7. The highest BCUT2D eigenvalue weighted by atomic mass is 35.5. The van der Waals surface area contributed by atoms with Gasteiger partial charge in [0.1, 0.15) is 18.1 Å². The lowest BCUT2D eigenvalue weighted by Gasteiger charge is -2.25. The summed E-state index contributed by atoms with van der Waals surface area (Å²) in [5.74, 6) is 1.58. The first-order valence-corrected chi connectivity index (χ1v) is 8.95. The Labute approximate surface area is 158 Å². The zero-order chi connectivity index (χ0) is 19.0. The number of nitrogens with zero attached hydrogens (tertiary/aromatic N) is 2. The lowest BCUT2D eigenvalue weighted by Crippen LogP contribution is -2.25. The van der Waals surface area contributed by atoms with Gasteiger partial charge in [-0.1, -0.05) is 25.4 Å². The Hall–Kier alpha value is -2.27. The fraction of sp³-hybridized carbons (Fsp3) is 0.400. The number of carbonyl (C=O) groups excluding carboxylic acids is 1. The quantitative estimate of drug-likeness (QED) is 0.759. The van der Waals surface area contributed by atoms with Crippen LogP contribution in [-0.4, -0.2) is 31.1 Å². The number of pyridine rings is 1. The summed E-state index contributed by atoms with van der Waals surface area (Å²) in [5.41, 5.74) is 2.38. The van der Waals surface area contributed by atoms with E-state index in [4.69, 9.17) is 21.1 Å². The van der Waals surface area contributed by atoms with Crippen LogP contribution < -0.4 is 14.8 Å². The van der Waals surface area contributed by atoms with Crippen LogP contribution >= 0.6 is 11.6 Å². The van der Waals surface area contributed by atoms with Gasteiger partial charge in [0, 0.05) is 24.9 Å². The molecule has 0 radical (unpaired) electrons. The van der Waals surface area contributed by atoms with Crippen molar-refractivity contribution in [3.63, 3.8) is 0 Å². The van der Waals surface area contributed by atoms with Gasteiger partial charge in [0.05, 0.1) is 34.8 Å². The largest absolute Gasteiger partial charge is 0.495 e. The zero-order valence-corrected chi connectivity index (χ0v) is 16.4. The van der Waals surface area contributed by atoms with Crippen LogP contribution in [0.2, 0.25) is 5.02 Å². The van der Waals surface area contributed by atoms with Gasteiger partial charge in [-0.2, -0.15) is 0 Å². The summed E-state index contributed by atoms with van der Waals surface area (Å²) in [7, 11) is 3.27. The van der Waals surface area contributed by atoms with Crippen LogP contribution in [0.15, 0.2) is 29.4 Å². The molecule has 0 amide bonds. The third-order valence-corrected chi connectivity index (χ3v) is 5.08. The highest BCUT2D eigenvalue weighted by Crippen LogP contribution is 2.42. The lowest BCUT2D eigenvalue weighted by molar-refractivity contribution is 0.101. The summed E-state index contributed by atoms with van der Waals surface area (Å²) < 4.78 is 13.5. The molecule has 0 saturated heterocycles. The first kappa shape index (κ1) is 18.5. The van der Waals surface area contributed by atoms with Crippen LogP contribution in [0, 0.1) is 5.92 Å². The normalized spacial score (nSPS) is 16.6. The SMILES string of the molecule is C/N=c1/cc2n(cc1C(C)=O)C(C(C)C)COc1cc(OC)c(Cl)cc1-2. The van der Waals surface area contributed by atoms with E-state index in [1.54, 1.807) is 21.1 Å². The summed E-state index contributed by atoms with van der Waals surface area (Å²) in [4.78, 5) is 16.4. The van der Waals surface area contributed by atoms with Gasteiger partial charge in [-0.15, -0.1) is 0 Å². The molecule has 26 heavy (non-hydrogen) atoms. The number of Topliss-reactive ketones (excluding diaryl/α,β-unsaturated/α-hetero) is 1. The molecule has 1 aromatic carbocycles. The van der Waals surface area contributed by atoms with Crippen LogP contribution in [-0.2, 0) is 0 Å². The van der Waals surface area contributed by atoms with E-state index in [0.717, 1.165) is 11.3 Å². The molecule has 1 aliphatic heterocycles. The number of methoxy groups -OCH3 is 1. The molecule has 2 aromatic rings. The maximum absolute atomic E-state index is 12.1. The number of halogens is 1. The molecule has 1 atom stereocenters. The number of ketones is 1. The van der Waals surface area contributed by atoms with Crippen molar-refractivity contribution in [2.45, 2.75) is 26.8 Å². The van der Waals surface area contributed by atoms with Gasteiger partial charge in [-0.05, 0) is 25.0 Å². The number of benzene rings is 1. The van der Waals surface area contributed by atoms with Gasteiger partial charge in [0.25, 0.3) is 0 Å². The molecule has 3 rings (SSSR count). The van der Waals surface area contributed by atoms with Crippen molar-refractivity contribution < 1.29 is 14.3 Å². The Morgan fingerprint density at radius 2 is 2.12 bits per heavy atom. The molecule has 0 fully saturated rings. The molecule has 5 nitrogen and oxygen atoms in total. The van der Waals surface area contributed by atoms with E-state index in [-0.39, 0.29) is 11.8 Å². The third kappa shape index (κ3) is 3.12. The Morgan fingerprint density at radius 3 is 2.69 bits per heavy atom. The maximum Gasteiger partial charge on any atom is 0.163 e. The molecule has 1 unspecified atom stereocenters. The van der Waals surface area contributed by atoms with Crippen LogP contribution in [0.3, 0.4) is 0 Å². The van der Waals surface area contributed by atoms with Crippen molar-refractivity contribution in [3.8, 4) is 22.8 Å². The number of hydrogen-bond donors (Lipinski definition) is 0. The highest BCUT2D eigenvalue weighted by Gasteiger charge is 2.27. The maximum atomic E-state index is 12.1. The number of aromatic nitrogens is 1. The summed E-state index contributed by atoms with van der Waals surface area (Å²) in [6.45, 7) is 6.33. The second kappa shape index (κ2) is 7.16. The van der Waals surface area contributed by atoms with Gasteiger partial charge >= 0.3 is 0 Å². The third-order valence-electron chi connectivity index (χ3n) is 4.78. The van der Waals surface area contributed by atoms with E-state index in [1.165, 1.54) is 0 Å². The average molecular weight is 375 g/mol. The van der Waals surface area contributed by atoms with E-state index in [9.17, 15) is 4.79 Å². The number of fused-ring (bicyclic) bond motifs is 3. The van der Waals surface area contributed by atoms with Crippen LogP contribution in [0.5, 0.6) is 11.5 Å². The number of ether oxygens (including phenoxy) is 2. The monoisotopic (exact) mass is 374 g/mol. The predicted molar refractivity (Wildman–Crippen MR) is 102 cm³/mol. The van der Waals surface area contributed by atoms with E-state index in [2.05, 4.69) is 23.4 Å². The first-order valence-electron chi connectivity index (χ1n) is 8.58. The van der Waals surface area contributed by atoms with Crippen LogP contribution in [0.4, 0.5) is 0 Å². The first-order chi connectivity index (χ1) is 12.4. The molecule has 1 aromatic heterocycles. The van der Waals surface area contributed by atoms with Gasteiger partial charge in [-0.25, -0.2) is 0 Å². The minimum absolute atomic E-state index is 0.0124. The molecule has 2 heterocycles. The number of hydrogen-bond acceptors (Lipinski definition) is 4. The molecular weight excluding hydrogens is 352 g/mol. The fourth-order valence-electron chi connectivity index (χ4n) is 3.28. The minimum atomic E-state index is -0.0124. The van der Waals surface area contributed by atoms with Gasteiger partial charge in [0.15, 0.2) is 5.78 Å². The number of rotatable bonds is 3. The topological polar surface area (TPSA) is 52.8 Å². The molecule has 0 saturated carbocycles. The molecular formula is C20H23ClN2O3. The van der Waals surface area contributed by atoms with E-state index < -0.39 is 0 Å². The minimum Gasteiger partial charge on any atom is -0.495 e. The molecule has 0 spiro atoms. The summed E-state index contributed by atoms with van der Waals surface area (Å²) in [6.07, 6.45) is 1.89. The van der Waals surface area contributed by atoms with E-state index >= 15 is 0 Å². The van der Waals surface area contributed by atoms with Crippen molar-refractivity contribution >= 4 is 17.4 Å². The second-order valence-corrected chi connectivity index (χ2v) is 7.16. The molecule has 6 heteroatoms. The van der Waals surface area contributed by atoms with E-state index in [1.807, 2.05) is 24.4 Å². The molecule has 0 N–H and O–H groups in total. The van der Waals surface area contributed by atoms with Gasteiger partial charge < -0.3 is 14.0 Å². The van der Waals surface area contributed by atoms with Crippen molar-refractivity contribution in [1.82, 2.24) is 4.57 Å². The summed E-state index contributed by atoms with van der Waals surface area (Å²) >= 11 is 6.37. The molecule has 138 valence electrons. The lowest BCUT2D eigenvalue weighted by atomic mass is 10.0. The van der Waals surface area contributed by atoms with Crippen molar-refractivity contribution in [3.05, 3.63) is 40.3 Å². The summed E-state index contributed by atoms with van der Waals surface area (Å²) in [5, 5.41) is 1.17. The molecule has 0 aliphatic carbocycles. The van der Waals surface area contributed by atoms with Gasteiger partial charge in [0.2, 0.25) is 0 Å². The van der Waals surface area contributed by atoms with Gasteiger partial charge in [-0.3, -0.25) is 9.79 Å². The average Bonchev–Trinajstić information content (AvgIpc) is 2.76. The smallest absolute Gasteiger partial charge is 0.163 e. The fourth-order valence-corrected chi connectivity index (χ4v) is 3.52. The van der Waals surface area contributed by atoms with Crippen LogP contribution in [0.25, 0.3) is 11.3 Å².